The van der Waals surface area contributed by atoms with Gasteiger partial charge >= 0.3 is 0 Å². The maximum atomic E-state index is 6.43. The van der Waals surface area contributed by atoms with E-state index in [1.807, 2.05) is 24.7 Å². The zero-order chi connectivity index (χ0) is 15.4. The van der Waals surface area contributed by atoms with E-state index in [9.17, 15) is 0 Å². The summed E-state index contributed by atoms with van der Waals surface area (Å²) in [5.41, 5.74) is 3.37. The molecule has 0 saturated heterocycles. The largest absolute Gasteiger partial charge is 0.313 e. The first-order valence-electron chi connectivity index (χ1n) is 7.52. The standard InChI is InChI=1S/C17H24ClN3/c1-5-21-15(16(18)13(3)20-21)11-12(2)17(19-4)14-9-7-6-8-10-14/h6-10,12,17,19H,5,11H2,1-4H3. The van der Waals surface area contributed by atoms with Crippen molar-refractivity contribution in [3.05, 3.63) is 52.3 Å². The minimum Gasteiger partial charge on any atom is -0.313 e. The molecular weight excluding hydrogens is 282 g/mol. The second kappa shape index (κ2) is 7.10. The lowest BCUT2D eigenvalue weighted by Gasteiger charge is -2.24. The Morgan fingerprint density at radius 3 is 2.52 bits per heavy atom. The first kappa shape index (κ1) is 16.1. The van der Waals surface area contributed by atoms with Gasteiger partial charge in [0.15, 0.2) is 0 Å². The lowest BCUT2D eigenvalue weighted by molar-refractivity contribution is 0.397. The van der Waals surface area contributed by atoms with Crippen LogP contribution in [0.1, 0.15) is 36.8 Å². The van der Waals surface area contributed by atoms with E-state index in [-0.39, 0.29) is 0 Å². The van der Waals surface area contributed by atoms with Crippen molar-refractivity contribution in [2.45, 2.75) is 39.8 Å². The number of nitrogens with one attached hydrogen (secondary N) is 1. The molecule has 1 aromatic carbocycles. The van der Waals surface area contributed by atoms with Crippen molar-refractivity contribution in [2.24, 2.45) is 5.92 Å². The fourth-order valence-corrected chi connectivity index (χ4v) is 3.14. The summed E-state index contributed by atoms with van der Waals surface area (Å²) >= 11 is 6.43. The van der Waals surface area contributed by atoms with Gasteiger partial charge in [0.1, 0.15) is 0 Å². The number of aromatic nitrogens is 2. The Labute approximate surface area is 132 Å². The summed E-state index contributed by atoms with van der Waals surface area (Å²) in [6.45, 7) is 7.18. The molecule has 0 aliphatic heterocycles. The third-order valence-electron chi connectivity index (χ3n) is 4.01. The molecule has 0 bridgehead atoms. The Bertz CT molecular complexity index is 577. The van der Waals surface area contributed by atoms with Crippen LogP contribution in [0.15, 0.2) is 30.3 Å². The number of hydrogen-bond donors (Lipinski definition) is 1. The zero-order valence-corrected chi connectivity index (χ0v) is 14.0. The summed E-state index contributed by atoms with van der Waals surface area (Å²) < 4.78 is 2.02. The average molecular weight is 306 g/mol. The van der Waals surface area contributed by atoms with E-state index in [1.54, 1.807) is 0 Å². The summed E-state index contributed by atoms with van der Waals surface area (Å²) in [4.78, 5) is 0. The van der Waals surface area contributed by atoms with Crippen LogP contribution in [0.2, 0.25) is 5.02 Å². The van der Waals surface area contributed by atoms with Gasteiger partial charge in [-0.1, -0.05) is 48.9 Å². The Morgan fingerprint density at radius 2 is 1.95 bits per heavy atom. The number of rotatable bonds is 6. The Morgan fingerprint density at radius 1 is 1.29 bits per heavy atom. The predicted octanol–water partition coefficient (Wildman–Crippen LogP) is 4.00. The second-order valence-corrected chi connectivity index (χ2v) is 5.90. The quantitative estimate of drug-likeness (QED) is 0.874. The molecule has 2 rings (SSSR count). The van der Waals surface area contributed by atoms with Gasteiger partial charge in [0.25, 0.3) is 0 Å². The normalized spacial score (nSPS) is 14.1. The van der Waals surface area contributed by atoms with Crippen LogP contribution in [0.4, 0.5) is 0 Å². The summed E-state index contributed by atoms with van der Waals surface area (Å²) in [6, 6.07) is 10.9. The highest BCUT2D eigenvalue weighted by Crippen LogP contribution is 2.29. The van der Waals surface area contributed by atoms with E-state index in [4.69, 9.17) is 11.6 Å². The van der Waals surface area contributed by atoms with Gasteiger partial charge in [-0.15, -0.1) is 0 Å². The van der Waals surface area contributed by atoms with Crippen LogP contribution in [0, 0.1) is 12.8 Å². The van der Waals surface area contributed by atoms with Gasteiger partial charge in [0.05, 0.1) is 16.4 Å². The molecule has 2 atom stereocenters. The van der Waals surface area contributed by atoms with Crippen LogP contribution in [0.5, 0.6) is 0 Å². The molecule has 0 saturated carbocycles. The van der Waals surface area contributed by atoms with Crippen LogP contribution in [-0.4, -0.2) is 16.8 Å². The summed E-state index contributed by atoms with van der Waals surface area (Å²) in [5, 5.41) is 8.74. The number of nitrogens with zero attached hydrogens (tertiary/aromatic N) is 2. The van der Waals surface area contributed by atoms with Crippen LogP contribution < -0.4 is 5.32 Å². The highest BCUT2D eigenvalue weighted by Gasteiger charge is 2.22. The third kappa shape index (κ3) is 3.47. The molecule has 114 valence electrons. The summed E-state index contributed by atoms with van der Waals surface area (Å²) in [7, 11) is 2.01. The molecule has 0 amide bonds. The van der Waals surface area contributed by atoms with Gasteiger partial charge in [-0.2, -0.15) is 5.10 Å². The smallest absolute Gasteiger partial charge is 0.0847 e. The van der Waals surface area contributed by atoms with Crippen LogP contribution in [0.3, 0.4) is 0 Å². The zero-order valence-electron chi connectivity index (χ0n) is 13.2. The molecular formula is C17H24ClN3. The van der Waals surface area contributed by atoms with E-state index in [2.05, 4.69) is 48.5 Å². The van der Waals surface area contributed by atoms with Crippen molar-refractivity contribution >= 4 is 11.6 Å². The van der Waals surface area contributed by atoms with E-state index in [1.165, 1.54) is 5.56 Å². The van der Waals surface area contributed by atoms with E-state index >= 15 is 0 Å². The van der Waals surface area contributed by atoms with Crippen molar-refractivity contribution < 1.29 is 0 Å². The first-order valence-corrected chi connectivity index (χ1v) is 7.90. The third-order valence-corrected chi connectivity index (χ3v) is 4.50. The molecule has 1 heterocycles. The lowest BCUT2D eigenvalue weighted by Crippen LogP contribution is -2.25. The molecule has 3 nitrogen and oxygen atoms in total. The molecule has 0 aliphatic carbocycles. The fraction of sp³-hybridized carbons (Fsp3) is 0.471. The van der Waals surface area contributed by atoms with Crippen molar-refractivity contribution in [3.8, 4) is 0 Å². The number of benzene rings is 1. The SMILES string of the molecule is CCn1nc(C)c(Cl)c1CC(C)C(NC)c1ccccc1. The molecule has 0 spiro atoms. The molecule has 0 radical (unpaired) electrons. The molecule has 21 heavy (non-hydrogen) atoms. The fourth-order valence-electron chi connectivity index (χ4n) is 2.93. The number of halogens is 1. The summed E-state index contributed by atoms with van der Waals surface area (Å²) in [5.74, 6) is 0.427. The maximum absolute atomic E-state index is 6.43. The molecule has 2 aromatic rings. The minimum atomic E-state index is 0.308. The molecule has 1 N–H and O–H groups in total. The van der Waals surface area contributed by atoms with Crippen LogP contribution in [0.25, 0.3) is 0 Å². The molecule has 0 fully saturated rings. The highest BCUT2D eigenvalue weighted by atomic mass is 35.5. The van der Waals surface area contributed by atoms with Crippen molar-refractivity contribution in [1.29, 1.82) is 0 Å². The highest BCUT2D eigenvalue weighted by molar-refractivity contribution is 6.31. The first-order chi connectivity index (χ1) is 10.1. The Hall–Kier alpha value is -1.32. The molecule has 0 aliphatic rings. The van der Waals surface area contributed by atoms with E-state index < -0.39 is 0 Å². The molecule has 4 heteroatoms. The van der Waals surface area contributed by atoms with Gasteiger partial charge in [-0.05, 0) is 38.8 Å². The lowest BCUT2D eigenvalue weighted by atomic mass is 9.91. The second-order valence-electron chi connectivity index (χ2n) is 5.52. The van der Waals surface area contributed by atoms with Gasteiger partial charge in [-0.25, -0.2) is 0 Å². The monoisotopic (exact) mass is 305 g/mol. The Balaban J connectivity index is 2.22. The average Bonchev–Trinajstić information content (AvgIpc) is 2.77. The van der Waals surface area contributed by atoms with E-state index in [0.29, 0.717) is 12.0 Å². The van der Waals surface area contributed by atoms with Gasteiger partial charge < -0.3 is 5.32 Å². The maximum Gasteiger partial charge on any atom is 0.0847 e. The molecule has 2 unspecified atom stereocenters. The topological polar surface area (TPSA) is 29.9 Å². The van der Waals surface area contributed by atoms with Crippen molar-refractivity contribution in [3.63, 3.8) is 0 Å². The van der Waals surface area contributed by atoms with Crippen LogP contribution in [-0.2, 0) is 13.0 Å². The van der Waals surface area contributed by atoms with Crippen LogP contribution >= 0.6 is 11.6 Å². The number of aryl methyl sites for hydroxylation is 2. The number of hydrogen-bond acceptors (Lipinski definition) is 2. The predicted molar refractivity (Wildman–Crippen MR) is 88.8 cm³/mol. The van der Waals surface area contributed by atoms with Gasteiger partial charge in [0.2, 0.25) is 0 Å². The summed E-state index contributed by atoms with van der Waals surface area (Å²) in [6.07, 6.45) is 0.911. The van der Waals surface area contributed by atoms with Gasteiger partial charge in [-0.3, -0.25) is 4.68 Å². The minimum absolute atomic E-state index is 0.308. The van der Waals surface area contributed by atoms with E-state index in [0.717, 1.165) is 29.4 Å². The van der Waals surface area contributed by atoms with Crippen molar-refractivity contribution in [1.82, 2.24) is 15.1 Å². The molecule has 1 aromatic heterocycles. The van der Waals surface area contributed by atoms with Crippen molar-refractivity contribution in [2.75, 3.05) is 7.05 Å². The van der Waals surface area contributed by atoms with Gasteiger partial charge in [0, 0.05) is 12.6 Å². The Kier molecular flexibility index (Phi) is 5.43.